The van der Waals surface area contributed by atoms with Gasteiger partial charge < -0.3 is 15.0 Å². The van der Waals surface area contributed by atoms with Gasteiger partial charge in [0.1, 0.15) is 5.75 Å². The summed E-state index contributed by atoms with van der Waals surface area (Å²) < 4.78 is 5.49. The fraction of sp³-hybridized carbons (Fsp3) is 0.533. The van der Waals surface area contributed by atoms with Gasteiger partial charge in [-0.15, -0.1) is 0 Å². The molecule has 0 spiro atoms. The predicted molar refractivity (Wildman–Crippen MR) is 80.4 cm³/mol. The average molecular weight is 297 g/mol. The first-order valence-electron chi connectivity index (χ1n) is 7.03. The number of amides is 1. The Bertz CT molecular complexity index is 459. The highest BCUT2D eigenvalue weighted by atomic mass is 35.5. The van der Waals surface area contributed by atoms with E-state index >= 15 is 0 Å². The number of halogens is 1. The average Bonchev–Trinajstić information content (AvgIpc) is 2.91. The summed E-state index contributed by atoms with van der Waals surface area (Å²) in [4.78, 5) is 14.1. The van der Waals surface area contributed by atoms with Crippen LogP contribution in [-0.4, -0.2) is 43.6 Å². The second kappa shape index (κ2) is 7.50. The summed E-state index contributed by atoms with van der Waals surface area (Å²) in [5.74, 6) is 0.614. The molecule has 0 saturated carbocycles. The summed E-state index contributed by atoms with van der Waals surface area (Å²) in [7, 11) is 0. The van der Waals surface area contributed by atoms with Crippen LogP contribution in [0.1, 0.15) is 18.4 Å². The molecular weight excluding hydrogens is 276 g/mol. The lowest BCUT2D eigenvalue weighted by Gasteiger charge is -2.15. The summed E-state index contributed by atoms with van der Waals surface area (Å²) in [6, 6.07) is 5.37. The number of nitrogens with one attached hydrogen (secondary N) is 1. The van der Waals surface area contributed by atoms with Crippen LogP contribution < -0.4 is 10.1 Å². The minimum Gasteiger partial charge on any atom is -0.484 e. The van der Waals surface area contributed by atoms with Gasteiger partial charge in [-0.1, -0.05) is 11.6 Å². The lowest BCUT2D eigenvalue weighted by molar-refractivity contribution is -0.123. The van der Waals surface area contributed by atoms with Crippen LogP contribution in [0.15, 0.2) is 18.2 Å². The van der Waals surface area contributed by atoms with Crippen LogP contribution in [0.2, 0.25) is 5.02 Å². The van der Waals surface area contributed by atoms with E-state index in [1.54, 1.807) is 12.1 Å². The Labute approximate surface area is 125 Å². The molecule has 0 aromatic heterocycles. The van der Waals surface area contributed by atoms with Gasteiger partial charge in [0, 0.05) is 18.1 Å². The number of likely N-dealkylation sites (tertiary alicyclic amines) is 1. The van der Waals surface area contributed by atoms with Crippen molar-refractivity contribution in [2.45, 2.75) is 19.8 Å². The third kappa shape index (κ3) is 4.69. The molecule has 1 aromatic carbocycles. The van der Waals surface area contributed by atoms with E-state index < -0.39 is 0 Å². The standard InChI is InChI=1S/C15H21ClN2O2/c1-12-10-13(16)4-5-14(12)20-11-15(19)17-6-9-18-7-2-3-8-18/h4-5,10H,2-3,6-9,11H2,1H3,(H,17,19). The predicted octanol–water partition coefficient (Wildman–Crippen LogP) is 2.24. The smallest absolute Gasteiger partial charge is 0.257 e. The maximum atomic E-state index is 11.7. The van der Waals surface area contributed by atoms with Crippen LogP contribution in [-0.2, 0) is 4.79 Å². The van der Waals surface area contributed by atoms with E-state index in [-0.39, 0.29) is 12.5 Å². The number of hydrogen-bond donors (Lipinski definition) is 1. The molecule has 1 fully saturated rings. The van der Waals surface area contributed by atoms with Crippen molar-refractivity contribution in [3.63, 3.8) is 0 Å². The first-order chi connectivity index (χ1) is 9.65. The molecule has 0 aliphatic carbocycles. The number of ether oxygens (including phenoxy) is 1. The molecule has 1 aromatic rings. The second-order valence-electron chi connectivity index (χ2n) is 5.10. The molecule has 0 bridgehead atoms. The van der Waals surface area contributed by atoms with Gasteiger partial charge >= 0.3 is 0 Å². The summed E-state index contributed by atoms with van der Waals surface area (Å²) in [5, 5.41) is 3.55. The number of carbonyl (C=O) groups is 1. The third-order valence-electron chi connectivity index (χ3n) is 3.44. The van der Waals surface area contributed by atoms with Gasteiger partial charge in [-0.05, 0) is 56.6 Å². The van der Waals surface area contributed by atoms with Gasteiger partial charge in [-0.2, -0.15) is 0 Å². The van der Waals surface area contributed by atoms with Crippen molar-refractivity contribution in [2.24, 2.45) is 0 Å². The van der Waals surface area contributed by atoms with Crippen LogP contribution in [0.4, 0.5) is 0 Å². The molecule has 1 amide bonds. The molecule has 1 heterocycles. The fourth-order valence-corrected chi connectivity index (χ4v) is 2.56. The monoisotopic (exact) mass is 296 g/mol. The van der Waals surface area contributed by atoms with E-state index in [9.17, 15) is 4.79 Å². The van der Waals surface area contributed by atoms with Crippen LogP contribution in [0.25, 0.3) is 0 Å². The van der Waals surface area contributed by atoms with Crippen molar-refractivity contribution in [1.82, 2.24) is 10.2 Å². The van der Waals surface area contributed by atoms with E-state index in [2.05, 4.69) is 10.2 Å². The topological polar surface area (TPSA) is 41.6 Å². The highest BCUT2D eigenvalue weighted by Gasteiger charge is 2.11. The van der Waals surface area contributed by atoms with Crippen LogP contribution in [0, 0.1) is 6.92 Å². The van der Waals surface area contributed by atoms with Crippen molar-refractivity contribution in [2.75, 3.05) is 32.8 Å². The van der Waals surface area contributed by atoms with Gasteiger partial charge in [0.2, 0.25) is 0 Å². The number of nitrogens with zero attached hydrogens (tertiary/aromatic N) is 1. The highest BCUT2D eigenvalue weighted by molar-refractivity contribution is 6.30. The zero-order chi connectivity index (χ0) is 14.4. The molecule has 2 rings (SSSR count). The zero-order valence-electron chi connectivity index (χ0n) is 11.8. The Balaban J connectivity index is 1.66. The lowest BCUT2D eigenvalue weighted by Crippen LogP contribution is -2.35. The highest BCUT2D eigenvalue weighted by Crippen LogP contribution is 2.21. The molecule has 1 aliphatic rings. The molecule has 20 heavy (non-hydrogen) atoms. The lowest BCUT2D eigenvalue weighted by atomic mass is 10.2. The first kappa shape index (κ1) is 15.1. The number of rotatable bonds is 6. The molecule has 1 N–H and O–H groups in total. The van der Waals surface area contributed by atoms with Crippen LogP contribution >= 0.6 is 11.6 Å². The van der Waals surface area contributed by atoms with Gasteiger partial charge in [-0.25, -0.2) is 0 Å². The minimum absolute atomic E-state index is 0.0441. The summed E-state index contributed by atoms with van der Waals surface area (Å²) in [6.07, 6.45) is 2.54. The minimum atomic E-state index is -0.0847. The maximum absolute atomic E-state index is 11.7. The summed E-state index contributed by atoms with van der Waals surface area (Å²) in [5.41, 5.74) is 0.933. The maximum Gasteiger partial charge on any atom is 0.257 e. The van der Waals surface area contributed by atoms with Crippen molar-refractivity contribution in [3.8, 4) is 5.75 Å². The first-order valence-corrected chi connectivity index (χ1v) is 7.41. The largest absolute Gasteiger partial charge is 0.484 e. The number of aryl methyl sites for hydroxylation is 1. The van der Waals surface area contributed by atoms with Crippen molar-refractivity contribution >= 4 is 17.5 Å². The van der Waals surface area contributed by atoms with Crippen LogP contribution in [0.3, 0.4) is 0 Å². The van der Waals surface area contributed by atoms with Gasteiger partial charge in [0.25, 0.3) is 5.91 Å². The van der Waals surface area contributed by atoms with Crippen molar-refractivity contribution < 1.29 is 9.53 Å². The van der Waals surface area contributed by atoms with Crippen molar-refractivity contribution in [1.29, 1.82) is 0 Å². The van der Waals surface area contributed by atoms with Gasteiger partial charge in [-0.3, -0.25) is 4.79 Å². The van der Waals surface area contributed by atoms with E-state index in [4.69, 9.17) is 16.3 Å². The molecule has 110 valence electrons. The SMILES string of the molecule is Cc1cc(Cl)ccc1OCC(=O)NCCN1CCCC1. The Morgan fingerprint density at radius 2 is 2.15 bits per heavy atom. The van der Waals surface area contributed by atoms with Gasteiger partial charge in [0.05, 0.1) is 0 Å². The summed E-state index contributed by atoms with van der Waals surface area (Å²) >= 11 is 5.87. The van der Waals surface area contributed by atoms with E-state index in [0.717, 1.165) is 25.2 Å². The number of carbonyl (C=O) groups excluding carboxylic acids is 1. The van der Waals surface area contributed by atoms with E-state index in [0.29, 0.717) is 17.3 Å². The van der Waals surface area contributed by atoms with Crippen LogP contribution in [0.5, 0.6) is 5.75 Å². The molecule has 0 atom stereocenters. The molecule has 1 aliphatic heterocycles. The molecule has 0 radical (unpaired) electrons. The molecular formula is C15H21ClN2O2. The second-order valence-corrected chi connectivity index (χ2v) is 5.53. The Morgan fingerprint density at radius 1 is 1.40 bits per heavy atom. The Kier molecular flexibility index (Phi) is 5.68. The van der Waals surface area contributed by atoms with Crippen molar-refractivity contribution in [3.05, 3.63) is 28.8 Å². The number of hydrogen-bond acceptors (Lipinski definition) is 3. The van der Waals surface area contributed by atoms with Gasteiger partial charge in [0.15, 0.2) is 6.61 Å². The molecule has 0 unspecified atom stereocenters. The Hall–Kier alpha value is -1.26. The zero-order valence-corrected chi connectivity index (χ0v) is 12.6. The number of benzene rings is 1. The fourth-order valence-electron chi connectivity index (χ4n) is 2.33. The summed E-state index contributed by atoms with van der Waals surface area (Å²) in [6.45, 7) is 5.86. The normalized spacial score (nSPS) is 15.3. The van der Waals surface area contributed by atoms with E-state index in [1.807, 2.05) is 13.0 Å². The quantitative estimate of drug-likeness (QED) is 0.875. The molecule has 5 heteroatoms. The molecule has 4 nitrogen and oxygen atoms in total. The van der Waals surface area contributed by atoms with E-state index in [1.165, 1.54) is 12.8 Å². The molecule has 1 saturated heterocycles. The Morgan fingerprint density at radius 3 is 2.85 bits per heavy atom. The third-order valence-corrected chi connectivity index (χ3v) is 3.68.